The van der Waals surface area contributed by atoms with Crippen molar-refractivity contribution >= 4 is 11.5 Å². The molecule has 2 N–H and O–H groups in total. The molecule has 0 aromatic carbocycles. The number of carbonyl (C=O) groups is 1. The van der Waals surface area contributed by atoms with Crippen LogP contribution in [0.4, 0.5) is 5.69 Å². The molecule has 0 radical (unpaired) electrons. The van der Waals surface area contributed by atoms with Crippen molar-refractivity contribution in [3.8, 4) is 0 Å². The standard InChI is InChI=1S/C12H18N2O/c1-3-4-9(2)7-12(15)11-6-5-10(13)8-14-11/h5-6,8-9H,3-4,7,13H2,1-2H3. The second-order valence-electron chi connectivity index (χ2n) is 4.00. The van der Waals surface area contributed by atoms with Gasteiger partial charge in [-0.15, -0.1) is 0 Å². The minimum atomic E-state index is 0.107. The van der Waals surface area contributed by atoms with Crippen molar-refractivity contribution in [2.24, 2.45) is 5.92 Å². The van der Waals surface area contributed by atoms with Gasteiger partial charge in [0, 0.05) is 6.42 Å². The number of nitrogens with two attached hydrogens (primary N) is 1. The number of ketones is 1. The van der Waals surface area contributed by atoms with Gasteiger partial charge in [0.15, 0.2) is 5.78 Å². The molecule has 0 aliphatic carbocycles. The molecule has 1 aromatic rings. The molecule has 1 aromatic heterocycles. The van der Waals surface area contributed by atoms with Gasteiger partial charge in [-0.2, -0.15) is 0 Å². The smallest absolute Gasteiger partial charge is 0.181 e. The topological polar surface area (TPSA) is 56.0 Å². The van der Waals surface area contributed by atoms with Crippen molar-refractivity contribution in [1.82, 2.24) is 4.98 Å². The average Bonchev–Trinajstić information content (AvgIpc) is 2.18. The number of rotatable bonds is 5. The first-order chi connectivity index (χ1) is 7.13. The summed E-state index contributed by atoms with van der Waals surface area (Å²) in [7, 11) is 0. The monoisotopic (exact) mass is 206 g/mol. The Bertz CT molecular complexity index is 319. The van der Waals surface area contributed by atoms with E-state index in [1.807, 2.05) is 0 Å². The summed E-state index contributed by atoms with van der Waals surface area (Å²) in [6.07, 6.45) is 4.30. The molecule has 0 bridgehead atoms. The predicted octanol–water partition coefficient (Wildman–Crippen LogP) is 2.67. The third kappa shape index (κ3) is 3.70. The summed E-state index contributed by atoms with van der Waals surface area (Å²) in [4.78, 5) is 15.8. The van der Waals surface area contributed by atoms with Crippen molar-refractivity contribution in [3.63, 3.8) is 0 Å². The number of anilines is 1. The highest BCUT2D eigenvalue weighted by Crippen LogP contribution is 2.13. The van der Waals surface area contributed by atoms with Crippen LogP contribution in [0.15, 0.2) is 18.3 Å². The molecule has 0 saturated heterocycles. The van der Waals surface area contributed by atoms with Crippen LogP contribution in [0.5, 0.6) is 0 Å². The molecule has 0 amide bonds. The lowest BCUT2D eigenvalue weighted by atomic mass is 9.98. The van der Waals surface area contributed by atoms with Crippen LogP contribution >= 0.6 is 0 Å². The molecule has 1 heterocycles. The van der Waals surface area contributed by atoms with E-state index in [1.54, 1.807) is 12.1 Å². The lowest BCUT2D eigenvalue weighted by Gasteiger charge is -2.08. The Morgan fingerprint density at radius 3 is 2.80 bits per heavy atom. The van der Waals surface area contributed by atoms with Crippen LogP contribution in [0, 0.1) is 5.92 Å². The van der Waals surface area contributed by atoms with Crippen molar-refractivity contribution in [1.29, 1.82) is 0 Å². The van der Waals surface area contributed by atoms with Crippen LogP contribution in [0.2, 0.25) is 0 Å². The third-order valence-corrected chi connectivity index (χ3v) is 2.39. The maximum Gasteiger partial charge on any atom is 0.181 e. The molecule has 0 aliphatic rings. The first-order valence-corrected chi connectivity index (χ1v) is 5.38. The minimum absolute atomic E-state index is 0.107. The number of carbonyl (C=O) groups excluding carboxylic acids is 1. The van der Waals surface area contributed by atoms with Gasteiger partial charge in [0.05, 0.1) is 11.9 Å². The fraction of sp³-hybridized carbons (Fsp3) is 0.500. The molecule has 0 spiro atoms. The van der Waals surface area contributed by atoms with Crippen molar-refractivity contribution < 1.29 is 4.79 Å². The molecule has 0 fully saturated rings. The number of nitrogens with zero attached hydrogens (tertiary/aromatic N) is 1. The fourth-order valence-corrected chi connectivity index (χ4v) is 1.59. The maximum absolute atomic E-state index is 11.7. The Balaban J connectivity index is 2.57. The zero-order valence-electron chi connectivity index (χ0n) is 9.36. The molecule has 0 saturated carbocycles. The van der Waals surface area contributed by atoms with Crippen molar-refractivity contribution in [2.75, 3.05) is 5.73 Å². The van der Waals surface area contributed by atoms with Gasteiger partial charge in [-0.1, -0.05) is 26.7 Å². The minimum Gasteiger partial charge on any atom is -0.397 e. The van der Waals surface area contributed by atoms with Crippen molar-refractivity contribution in [3.05, 3.63) is 24.0 Å². The van der Waals surface area contributed by atoms with Gasteiger partial charge < -0.3 is 5.73 Å². The van der Waals surface area contributed by atoms with Crippen LogP contribution < -0.4 is 5.73 Å². The molecule has 1 unspecified atom stereocenters. The molecular formula is C12H18N2O. The number of aromatic nitrogens is 1. The lowest BCUT2D eigenvalue weighted by Crippen LogP contribution is -2.07. The highest BCUT2D eigenvalue weighted by molar-refractivity contribution is 5.94. The van der Waals surface area contributed by atoms with E-state index in [0.717, 1.165) is 12.8 Å². The number of hydrogen-bond acceptors (Lipinski definition) is 3. The Morgan fingerprint density at radius 1 is 1.53 bits per heavy atom. The summed E-state index contributed by atoms with van der Waals surface area (Å²) in [5.41, 5.74) is 6.61. The summed E-state index contributed by atoms with van der Waals surface area (Å²) >= 11 is 0. The number of hydrogen-bond donors (Lipinski definition) is 1. The van der Waals surface area contributed by atoms with E-state index >= 15 is 0 Å². The largest absolute Gasteiger partial charge is 0.397 e. The van der Waals surface area contributed by atoms with E-state index in [4.69, 9.17) is 5.73 Å². The highest BCUT2D eigenvalue weighted by atomic mass is 16.1. The lowest BCUT2D eigenvalue weighted by molar-refractivity contribution is 0.0958. The third-order valence-electron chi connectivity index (χ3n) is 2.39. The molecule has 3 nitrogen and oxygen atoms in total. The summed E-state index contributed by atoms with van der Waals surface area (Å²) in [5.74, 6) is 0.540. The van der Waals surface area contributed by atoms with E-state index in [9.17, 15) is 4.79 Å². The average molecular weight is 206 g/mol. The van der Waals surface area contributed by atoms with E-state index in [1.165, 1.54) is 6.20 Å². The Hall–Kier alpha value is -1.38. The van der Waals surface area contributed by atoms with Crippen LogP contribution in [-0.4, -0.2) is 10.8 Å². The molecule has 15 heavy (non-hydrogen) atoms. The second-order valence-corrected chi connectivity index (χ2v) is 4.00. The normalized spacial score (nSPS) is 12.4. The van der Waals surface area contributed by atoms with Crippen molar-refractivity contribution in [2.45, 2.75) is 33.1 Å². The van der Waals surface area contributed by atoms with Gasteiger partial charge in [0.2, 0.25) is 0 Å². The quantitative estimate of drug-likeness (QED) is 0.753. The van der Waals surface area contributed by atoms with Gasteiger partial charge in [-0.3, -0.25) is 9.78 Å². The molecule has 0 aliphatic heterocycles. The Morgan fingerprint density at radius 2 is 2.27 bits per heavy atom. The second kappa shape index (κ2) is 5.49. The predicted molar refractivity (Wildman–Crippen MR) is 61.7 cm³/mol. The molecule has 1 atom stereocenters. The van der Waals surface area contributed by atoms with E-state index < -0.39 is 0 Å². The summed E-state index contributed by atoms with van der Waals surface area (Å²) in [6, 6.07) is 3.40. The SMILES string of the molecule is CCCC(C)CC(=O)c1ccc(N)cn1. The maximum atomic E-state index is 11.7. The van der Waals surface area contributed by atoms with Gasteiger partial charge >= 0.3 is 0 Å². The first-order valence-electron chi connectivity index (χ1n) is 5.38. The van der Waals surface area contributed by atoms with Crippen LogP contribution in [0.25, 0.3) is 0 Å². The zero-order valence-corrected chi connectivity index (χ0v) is 9.36. The fourth-order valence-electron chi connectivity index (χ4n) is 1.59. The summed E-state index contributed by atoms with van der Waals surface area (Å²) < 4.78 is 0. The van der Waals surface area contributed by atoms with E-state index in [2.05, 4.69) is 18.8 Å². The number of pyridine rings is 1. The molecular weight excluding hydrogens is 188 g/mol. The molecule has 82 valence electrons. The Labute approximate surface area is 90.7 Å². The van der Waals surface area contributed by atoms with Gasteiger partial charge in [0.1, 0.15) is 5.69 Å². The first kappa shape index (κ1) is 11.7. The zero-order chi connectivity index (χ0) is 11.3. The Kier molecular flexibility index (Phi) is 4.28. The van der Waals surface area contributed by atoms with Gasteiger partial charge in [-0.05, 0) is 18.1 Å². The number of Topliss-reactive ketones (excluding diaryl/α,β-unsaturated/α-hetero) is 1. The molecule has 3 heteroatoms. The van der Waals surface area contributed by atoms with Gasteiger partial charge in [-0.25, -0.2) is 0 Å². The van der Waals surface area contributed by atoms with Gasteiger partial charge in [0.25, 0.3) is 0 Å². The molecule has 1 rings (SSSR count). The summed E-state index contributed by atoms with van der Waals surface area (Å²) in [5, 5.41) is 0. The van der Waals surface area contributed by atoms with Crippen LogP contribution in [0.1, 0.15) is 43.6 Å². The van der Waals surface area contributed by atoms with Crippen LogP contribution in [0.3, 0.4) is 0 Å². The summed E-state index contributed by atoms with van der Waals surface area (Å²) in [6.45, 7) is 4.22. The highest BCUT2D eigenvalue weighted by Gasteiger charge is 2.11. The van der Waals surface area contributed by atoms with E-state index in [0.29, 0.717) is 23.7 Å². The van der Waals surface area contributed by atoms with Crippen LogP contribution in [-0.2, 0) is 0 Å². The van der Waals surface area contributed by atoms with E-state index in [-0.39, 0.29) is 5.78 Å². The number of nitrogen functional groups attached to an aromatic ring is 1.